The Morgan fingerprint density at radius 2 is 1.82 bits per heavy atom. The number of rotatable bonds is 7. The van der Waals surface area contributed by atoms with Crippen LogP contribution in [0.15, 0.2) is 79.1 Å². The molecule has 0 atom stereocenters. The molecule has 7 nitrogen and oxygen atoms in total. The van der Waals surface area contributed by atoms with Crippen molar-refractivity contribution < 1.29 is 9.59 Å². The standard InChI is InChI=1S/C26H24ClN5O2/c1-17(2)24-23(16-30-32(24)22-11-6-8-19(27)14-22)26(34)31-20-10-5-7-18(13-20)25(33)29-15-21-9-3-4-12-28-21/h3-14,16-17H,15H2,1-2H3,(H,29,33)(H,31,34). The van der Waals surface area contributed by atoms with Crippen LogP contribution in [0.25, 0.3) is 5.69 Å². The van der Waals surface area contributed by atoms with Gasteiger partial charge in [0.25, 0.3) is 11.8 Å². The number of hydrogen-bond acceptors (Lipinski definition) is 4. The van der Waals surface area contributed by atoms with E-state index < -0.39 is 0 Å². The lowest BCUT2D eigenvalue weighted by Crippen LogP contribution is -2.23. The van der Waals surface area contributed by atoms with Gasteiger partial charge in [-0.05, 0) is 54.4 Å². The number of amides is 2. The van der Waals surface area contributed by atoms with E-state index in [1.54, 1.807) is 53.5 Å². The Morgan fingerprint density at radius 3 is 2.56 bits per heavy atom. The number of halogens is 1. The van der Waals surface area contributed by atoms with E-state index in [1.165, 1.54) is 0 Å². The number of hydrogen-bond donors (Lipinski definition) is 2. The minimum absolute atomic E-state index is 0.0333. The number of pyridine rings is 1. The molecule has 8 heteroatoms. The molecule has 2 amide bonds. The van der Waals surface area contributed by atoms with Crippen molar-refractivity contribution in [2.45, 2.75) is 26.3 Å². The topological polar surface area (TPSA) is 88.9 Å². The highest BCUT2D eigenvalue weighted by atomic mass is 35.5. The molecule has 172 valence electrons. The third-order valence-electron chi connectivity index (χ3n) is 5.19. The van der Waals surface area contributed by atoms with Crippen molar-refractivity contribution in [3.8, 4) is 5.69 Å². The molecule has 34 heavy (non-hydrogen) atoms. The number of carbonyl (C=O) groups excluding carboxylic acids is 2. The fraction of sp³-hybridized carbons (Fsp3) is 0.154. The third-order valence-corrected chi connectivity index (χ3v) is 5.42. The van der Waals surface area contributed by atoms with Gasteiger partial charge in [0.15, 0.2) is 0 Å². The van der Waals surface area contributed by atoms with Crippen LogP contribution in [-0.4, -0.2) is 26.6 Å². The molecule has 0 saturated heterocycles. The first-order valence-corrected chi connectivity index (χ1v) is 11.2. The van der Waals surface area contributed by atoms with Gasteiger partial charge >= 0.3 is 0 Å². The summed E-state index contributed by atoms with van der Waals surface area (Å²) < 4.78 is 1.73. The Labute approximate surface area is 202 Å². The average molecular weight is 474 g/mol. The van der Waals surface area contributed by atoms with Crippen molar-refractivity contribution in [2.75, 3.05) is 5.32 Å². The van der Waals surface area contributed by atoms with E-state index in [-0.39, 0.29) is 17.7 Å². The second-order valence-corrected chi connectivity index (χ2v) is 8.46. The second kappa shape index (κ2) is 10.3. The molecule has 2 heterocycles. The summed E-state index contributed by atoms with van der Waals surface area (Å²) in [6, 6.07) is 19.6. The summed E-state index contributed by atoms with van der Waals surface area (Å²) in [7, 11) is 0. The van der Waals surface area contributed by atoms with Gasteiger partial charge in [0, 0.05) is 22.5 Å². The summed E-state index contributed by atoms with van der Waals surface area (Å²) in [6.45, 7) is 4.32. The van der Waals surface area contributed by atoms with E-state index in [2.05, 4.69) is 20.7 Å². The molecule has 2 aromatic heterocycles. The Hall–Kier alpha value is -3.97. The van der Waals surface area contributed by atoms with Crippen LogP contribution in [0.2, 0.25) is 5.02 Å². The van der Waals surface area contributed by atoms with Gasteiger partial charge in [0.1, 0.15) is 0 Å². The summed E-state index contributed by atoms with van der Waals surface area (Å²) >= 11 is 6.14. The number of benzene rings is 2. The van der Waals surface area contributed by atoms with E-state index in [0.29, 0.717) is 28.4 Å². The van der Waals surface area contributed by atoms with Crippen LogP contribution in [0.4, 0.5) is 5.69 Å². The maximum atomic E-state index is 13.1. The summed E-state index contributed by atoms with van der Waals surface area (Å²) in [5, 5.41) is 10.8. The minimum atomic E-state index is -0.303. The molecule has 4 aromatic rings. The first-order chi connectivity index (χ1) is 16.4. The molecule has 0 radical (unpaired) electrons. The van der Waals surface area contributed by atoms with Crippen LogP contribution in [0, 0.1) is 0 Å². The van der Waals surface area contributed by atoms with Gasteiger partial charge in [-0.25, -0.2) is 4.68 Å². The van der Waals surface area contributed by atoms with Crippen LogP contribution in [0.1, 0.15) is 51.9 Å². The highest BCUT2D eigenvalue weighted by molar-refractivity contribution is 6.30. The van der Waals surface area contributed by atoms with E-state index in [9.17, 15) is 9.59 Å². The monoisotopic (exact) mass is 473 g/mol. The largest absolute Gasteiger partial charge is 0.346 e. The average Bonchev–Trinajstić information content (AvgIpc) is 3.29. The molecule has 2 aromatic carbocycles. The first-order valence-electron chi connectivity index (χ1n) is 10.9. The van der Waals surface area contributed by atoms with E-state index in [1.807, 2.05) is 44.2 Å². The van der Waals surface area contributed by atoms with Crippen molar-refractivity contribution >= 4 is 29.1 Å². The fourth-order valence-corrected chi connectivity index (χ4v) is 3.80. The Kier molecular flexibility index (Phi) is 7.04. The van der Waals surface area contributed by atoms with Crippen LogP contribution in [0.5, 0.6) is 0 Å². The molecule has 0 fully saturated rings. The smallest absolute Gasteiger partial charge is 0.259 e. The molecule has 0 bridgehead atoms. The van der Waals surface area contributed by atoms with Crippen molar-refractivity contribution in [2.24, 2.45) is 0 Å². The number of nitrogens with one attached hydrogen (secondary N) is 2. The molecular formula is C26H24ClN5O2. The molecule has 2 N–H and O–H groups in total. The highest BCUT2D eigenvalue weighted by Gasteiger charge is 2.21. The Balaban J connectivity index is 1.51. The highest BCUT2D eigenvalue weighted by Crippen LogP contribution is 2.25. The lowest BCUT2D eigenvalue weighted by molar-refractivity contribution is 0.0949. The SMILES string of the molecule is CC(C)c1c(C(=O)Nc2cccc(C(=O)NCc3ccccn3)c2)cnn1-c1cccc(Cl)c1. The number of carbonyl (C=O) groups is 2. The van der Waals surface area contributed by atoms with Crippen molar-refractivity contribution in [1.29, 1.82) is 0 Å². The Morgan fingerprint density at radius 1 is 1.00 bits per heavy atom. The summed E-state index contributed by atoms with van der Waals surface area (Å²) in [5.41, 5.74) is 3.72. The molecular weight excluding hydrogens is 450 g/mol. The zero-order valence-corrected chi connectivity index (χ0v) is 19.6. The zero-order chi connectivity index (χ0) is 24.1. The molecule has 0 spiro atoms. The predicted molar refractivity (Wildman–Crippen MR) is 132 cm³/mol. The first kappa shape index (κ1) is 23.2. The number of aromatic nitrogens is 3. The van der Waals surface area contributed by atoms with Crippen molar-refractivity contribution in [3.05, 3.63) is 107 Å². The van der Waals surface area contributed by atoms with Gasteiger partial charge in [-0.1, -0.05) is 43.6 Å². The van der Waals surface area contributed by atoms with Gasteiger partial charge in [0.05, 0.1) is 35.4 Å². The normalized spacial score (nSPS) is 10.8. The zero-order valence-electron chi connectivity index (χ0n) is 18.8. The quantitative estimate of drug-likeness (QED) is 0.385. The van der Waals surface area contributed by atoms with E-state index in [4.69, 9.17) is 11.6 Å². The lowest BCUT2D eigenvalue weighted by Gasteiger charge is -2.13. The minimum Gasteiger partial charge on any atom is -0.346 e. The maximum Gasteiger partial charge on any atom is 0.259 e. The maximum absolute atomic E-state index is 13.1. The summed E-state index contributed by atoms with van der Waals surface area (Å²) in [4.78, 5) is 29.9. The van der Waals surface area contributed by atoms with Crippen LogP contribution >= 0.6 is 11.6 Å². The van der Waals surface area contributed by atoms with Gasteiger partial charge < -0.3 is 10.6 Å². The summed E-state index contributed by atoms with van der Waals surface area (Å²) in [5.74, 6) is -0.521. The van der Waals surface area contributed by atoms with Crippen LogP contribution in [0.3, 0.4) is 0 Å². The molecule has 0 unspecified atom stereocenters. The van der Waals surface area contributed by atoms with Gasteiger partial charge in [-0.2, -0.15) is 5.10 Å². The van der Waals surface area contributed by atoms with E-state index in [0.717, 1.165) is 17.1 Å². The summed E-state index contributed by atoms with van der Waals surface area (Å²) in [6.07, 6.45) is 3.23. The van der Waals surface area contributed by atoms with Gasteiger partial charge in [-0.15, -0.1) is 0 Å². The molecule has 0 aliphatic heterocycles. The van der Waals surface area contributed by atoms with Crippen LogP contribution < -0.4 is 10.6 Å². The molecule has 0 aliphatic rings. The van der Waals surface area contributed by atoms with Gasteiger partial charge in [0.2, 0.25) is 0 Å². The number of anilines is 1. The third kappa shape index (κ3) is 5.32. The molecule has 4 rings (SSSR count). The van der Waals surface area contributed by atoms with Crippen molar-refractivity contribution in [3.63, 3.8) is 0 Å². The van der Waals surface area contributed by atoms with E-state index >= 15 is 0 Å². The van der Waals surface area contributed by atoms with Crippen LogP contribution in [-0.2, 0) is 6.54 Å². The van der Waals surface area contributed by atoms with Crippen molar-refractivity contribution in [1.82, 2.24) is 20.1 Å². The Bertz CT molecular complexity index is 1320. The molecule has 0 saturated carbocycles. The van der Waals surface area contributed by atoms with Gasteiger partial charge in [-0.3, -0.25) is 14.6 Å². The lowest BCUT2D eigenvalue weighted by atomic mass is 10.0. The fourth-order valence-electron chi connectivity index (χ4n) is 3.61. The predicted octanol–water partition coefficient (Wildman–Crippen LogP) is 5.23. The molecule has 0 aliphatic carbocycles. The second-order valence-electron chi connectivity index (χ2n) is 8.03. The number of nitrogens with zero attached hydrogens (tertiary/aromatic N) is 3.